The topological polar surface area (TPSA) is 35.2 Å². The highest BCUT2D eigenvalue weighted by molar-refractivity contribution is 4.67. The molecule has 1 unspecified atom stereocenters. The van der Waals surface area contributed by atoms with Crippen LogP contribution in [0.4, 0.5) is 0 Å². The lowest BCUT2D eigenvalue weighted by molar-refractivity contribution is -0.0148. The molecule has 0 aliphatic heterocycles. The van der Waals surface area contributed by atoms with Gasteiger partial charge in [-0.05, 0) is 26.7 Å². The highest BCUT2D eigenvalue weighted by Gasteiger charge is 2.14. The Bertz CT molecular complexity index is 105. The normalized spacial score (nSPS) is 15.5. The largest absolute Gasteiger partial charge is 0.374 e. The van der Waals surface area contributed by atoms with E-state index in [2.05, 4.69) is 13.8 Å². The van der Waals surface area contributed by atoms with Crippen LogP contribution in [-0.4, -0.2) is 18.2 Å². The van der Waals surface area contributed by atoms with Crippen LogP contribution in [0.3, 0.4) is 0 Å². The summed E-state index contributed by atoms with van der Waals surface area (Å²) in [6, 6.07) is 0.161. The van der Waals surface area contributed by atoms with Crippen molar-refractivity contribution >= 4 is 0 Å². The van der Waals surface area contributed by atoms with Crippen LogP contribution in [0.5, 0.6) is 0 Å². The number of hydrogen-bond acceptors (Lipinski definition) is 2. The molecule has 0 aromatic rings. The minimum absolute atomic E-state index is 0.0630. The highest BCUT2D eigenvalue weighted by Crippen LogP contribution is 2.08. The average Bonchev–Trinajstić information content (AvgIpc) is 1.80. The van der Waals surface area contributed by atoms with Gasteiger partial charge in [-0.3, -0.25) is 0 Å². The number of ether oxygens (including phenoxy) is 1. The maximum atomic E-state index is 5.80. The predicted octanol–water partition coefficient (Wildman–Crippen LogP) is 1.78. The maximum absolute atomic E-state index is 5.80. The zero-order chi connectivity index (χ0) is 9.07. The van der Waals surface area contributed by atoms with Gasteiger partial charge in [-0.2, -0.15) is 0 Å². The third-order valence-corrected chi connectivity index (χ3v) is 1.57. The lowest BCUT2D eigenvalue weighted by Crippen LogP contribution is -2.35. The molecule has 2 nitrogen and oxygen atoms in total. The van der Waals surface area contributed by atoms with Crippen molar-refractivity contribution < 1.29 is 4.74 Å². The quantitative estimate of drug-likeness (QED) is 0.681. The van der Waals surface area contributed by atoms with Crippen LogP contribution in [0.2, 0.25) is 0 Å². The fourth-order valence-corrected chi connectivity index (χ4v) is 0.539. The SMILES string of the molecule is CC(C)C(N)COC(C)(C)C. The van der Waals surface area contributed by atoms with Crippen LogP contribution >= 0.6 is 0 Å². The van der Waals surface area contributed by atoms with Crippen LogP contribution in [0.1, 0.15) is 34.6 Å². The molecule has 0 amide bonds. The Balaban J connectivity index is 3.54. The summed E-state index contributed by atoms with van der Waals surface area (Å²) >= 11 is 0. The van der Waals surface area contributed by atoms with Gasteiger partial charge in [0, 0.05) is 6.04 Å². The second kappa shape index (κ2) is 4.07. The van der Waals surface area contributed by atoms with E-state index < -0.39 is 0 Å². The van der Waals surface area contributed by atoms with Gasteiger partial charge in [-0.1, -0.05) is 13.8 Å². The Morgan fingerprint density at radius 1 is 1.27 bits per heavy atom. The van der Waals surface area contributed by atoms with Crippen molar-refractivity contribution in [2.75, 3.05) is 6.61 Å². The molecule has 0 saturated heterocycles. The number of nitrogens with two attached hydrogens (primary N) is 1. The first kappa shape index (κ1) is 10.9. The molecule has 0 aromatic carbocycles. The zero-order valence-corrected chi connectivity index (χ0v) is 8.35. The molecule has 68 valence electrons. The summed E-state index contributed by atoms with van der Waals surface area (Å²) in [7, 11) is 0. The Kier molecular flexibility index (Phi) is 4.04. The van der Waals surface area contributed by atoms with E-state index in [1.54, 1.807) is 0 Å². The average molecular weight is 159 g/mol. The van der Waals surface area contributed by atoms with E-state index in [0.29, 0.717) is 12.5 Å². The lowest BCUT2D eigenvalue weighted by atomic mass is 10.1. The van der Waals surface area contributed by atoms with Gasteiger partial charge < -0.3 is 10.5 Å². The number of rotatable bonds is 3. The standard InChI is InChI=1S/C9H21NO/c1-7(2)8(10)6-11-9(3,4)5/h7-8H,6,10H2,1-5H3. The van der Waals surface area contributed by atoms with E-state index in [1.807, 2.05) is 20.8 Å². The van der Waals surface area contributed by atoms with E-state index in [1.165, 1.54) is 0 Å². The molecular weight excluding hydrogens is 138 g/mol. The minimum Gasteiger partial charge on any atom is -0.374 e. The van der Waals surface area contributed by atoms with Gasteiger partial charge in [-0.15, -0.1) is 0 Å². The van der Waals surface area contributed by atoms with Crippen molar-refractivity contribution in [2.45, 2.75) is 46.3 Å². The van der Waals surface area contributed by atoms with Gasteiger partial charge >= 0.3 is 0 Å². The van der Waals surface area contributed by atoms with E-state index in [0.717, 1.165) is 0 Å². The van der Waals surface area contributed by atoms with E-state index >= 15 is 0 Å². The second-order valence-corrected chi connectivity index (χ2v) is 4.33. The van der Waals surface area contributed by atoms with E-state index in [9.17, 15) is 0 Å². The Labute approximate surface area is 70.1 Å². The molecular formula is C9H21NO. The first-order valence-electron chi connectivity index (χ1n) is 4.22. The van der Waals surface area contributed by atoms with E-state index in [-0.39, 0.29) is 11.6 Å². The fourth-order valence-electron chi connectivity index (χ4n) is 0.539. The molecule has 2 N–H and O–H groups in total. The molecule has 1 atom stereocenters. The number of hydrogen-bond donors (Lipinski definition) is 1. The van der Waals surface area contributed by atoms with E-state index in [4.69, 9.17) is 10.5 Å². The first-order chi connectivity index (χ1) is 4.83. The van der Waals surface area contributed by atoms with Gasteiger partial charge in [0.15, 0.2) is 0 Å². The minimum atomic E-state index is -0.0630. The maximum Gasteiger partial charge on any atom is 0.0627 e. The molecule has 0 aromatic heterocycles. The van der Waals surface area contributed by atoms with Crippen molar-refractivity contribution in [3.8, 4) is 0 Å². The third kappa shape index (κ3) is 6.32. The molecule has 0 heterocycles. The molecule has 11 heavy (non-hydrogen) atoms. The van der Waals surface area contributed by atoms with Crippen molar-refractivity contribution in [1.82, 2.24) is 0 Å². The van der Waals surface area contributed by atoms with Crippen LogP contribution in [0.25, 0.3) is 0 Å². The summed E-state index contributed by atoms with van der Waals surface area (Å²) in [6.45, 7) is 11.0. The molecule has 2 heteroatoms. The summed E-state index contributed by atoms with van der Waals surface area (Å²) in [5.41, 5.74) is 5.74. The second-order valence-electron chi connectivity index (χ2n) is 4.33. The van der Waals surface area contributed by atoms with Gasteiger partial charge in [0.05, 0.1) is 12.2 Å². The van der Waals surface area contributed by atoms with Crippen molar-refractivity contribution in [2.24, 2.45) is 11.7 Å². The zero-order valence-electron chi connectivity index (χ0n) is 8.35. The molecule has 0 bridgehead atoms. The molecule has 0 fully saturated rings. The highest BCUT2D eigenvalue weighted by atomic mass is 16.5. The summed E-state index contributed by atoms with van der Waals surface area (Å²) in [5.74, 6) is 0.498. The summed E-state index contributed by atoms with van der Waals surface area (Å²) in [5, 5.41) is 0. The van der Waals surface area contributed by atoms with Crippen LogP contribution < -0.4 is 5.73 Å². The molecule has 0 aliphatic rings. The first-order valence-corrected chi connectivity index (χ1v) is 4.22. The fraction of sp³-hybridized carbons (Fsp3) is 1.00. The van der Waals surface area contributed by atoms with Gasteiger partial charge in [0.25, 0.3) is 0 Å². The third-order valence-electron chi connectivity index (χ3n) is 1.57. The van der Waals surface area contributed by atoms with Gasteiger partial charge in [-0.25, -0.2) is 0 Å². The van der Waals surface area contributed by atoms with Gasteiger partial charge in [0.1, 0.15) is 0 Å². The molecule has 0 saturated carbocycles. The Morgan fingerprint density at radius 3 is 2.00 bits per heavy atom. The smallest absolute Gasteiger partial charge is 0.0627 e. The molecule has 0 spiro atoms. The summed E-state index contributed by atoms with van der Waals surface area (Å²) in [6.07, 6.45) is 0. The monoisotopic (exact) mass is 159 g/mol. The van der Waals surface area contributed by atoms with Crippen LogP contribution in [0.15, 0.2) is 0 Å². The predicted molar refractivity (Wildman–Crippen MR) is 48.5 cm³/mol. The summed E-state index contributed by atoms with van der Waals surface area (Å²) in [4.78, 5) is 0. The summed E-state index contributed by atoms with van der Waals surface area (Å²) < 4.78 is 5.53. The molecule has 0 rings (SSSR count). The van der Waals surface area contributed by atoms with Crippen LogP contribution in [-0.2, 0) is 4.74 Å². The van der Waals surface area contributed by atoms with Crippen LogP contribution in [0, 0.1) is 5.92 Å². The Hall–Kier alpha value is -0.0800. The molecule has 0 radical (unpaired) electrons. The Morgan fingerprint density at radius 2 is 1.73 bits per heavy atom. The van der Waals surface area contributed by atoms with Gasteiger partial charge in [0.2, 0.25) is 0 Å². The molecule has 0 aliphatic carbocycles. The van der Waals surface area contributed by atoms with Crippen molar-refractivity contribution in [3.63, 3.8) is 0 Å². The van der Waals surface area contributed by atoms with Crippen molar-refractivity contribution in [1.29, 1.82) is 0 Å². The van der Waals surface area contributed by atoms with Crippen molar-refractivity contribution in [3.05, 3.63) is 0 Å². The lowest BCUT2D eigenvalue weighted by Gasteiger charge is -2.24.